The Bertz CT molecular complexity index is 447. The van der Waals surface area contributed by atoms with Crippen molar-refractivity contribution < 1.29 is 0 Å². The highest BCUT2D eigenvalue weighted by molar-refractivity contribution is 5.08. The van der Waals surface area contributed by atoms with Crippen molar-refractivity contribution in [2.45, 2.75) is 77.0 Å². The highest BCUT2D eigenvalue weighted by Crippen LogP contribution is 2.36. The van der Waals surface area contributed by atoms with Gasteiger partial charge in [0, 0.05) is 49.5 Å². The fourth-order valence-electron chi connectivity index (χ4n) is 4.06. The normalized spacial score (nSPS) is 26.3. The van der Waals surface area contributed by atoms with Crippen LogP contribution in [-0.4, -0.2) is 39.4 Å². The van der Waals surface area contributed by atoms with Crippen molar-refractivity contribution in [2.24, 2.45) is 0 Å². The lowest BCUT2D eigenvalue weighted by Gasteiger charge is -2.52. The number of aromatic nitrogens is 2. The third-order valence-corrected chi connectivity index (χ3v) is 5.49. The van der Waals surface area contributed by atoms with Crippen molar-refractivity contribution in [1.82, 2.24) is 20.0 Å². The smallest absolute Gasteiger partial charge is 0.0534 e. The summed E-state index contributed by atoms with van der Waals surface area (Å²) in [4.78, 5) is 2.77. The third kappa shape index (κ3) is 3.16. The van der Waals surface area contributed by atoms with E-state index >= 15 is 0 Å². The monoisotopic (exact) mass is 290 g/mol. The molecule has 1 N–H and O–H groups in total. The van der Waals surface area contributed by atoms with E-state index in [-0.39, 0.29) is 0 Å². The maximum absolute atomic E-state index is 4.45. The first-order valence-electron chi connectivity index (χ1n) is 8.75. The van der Waals surface area contributed by atoms with E-state index in [1.54, 1.807) is 0 Å². The van der Waals surface area contributed by atoms with E-state index < -0.39 is 0 Å². The van der Waals surface area contributed by atoms with Gasteiger partial charge in [-0.25, -0.2) is 0 Å². The zero-order chi connectivity index (χ0) is 14.7. The maximum atomic E-state index is 4.45. The molecule has 0 radical (unpaired) electrons. The SMILES string of the molecule is CCC1CN(Cc2cnn(CC)c2)C2(CCCCC2)CN1. The molecule has 118 valence electrons. The Morgan fingerprint density at radius 2 is 2.10 bits per heavy atom. The predicted octanol–water partition coefficient (Wildman–Crippen LogP) is 2.79. The minimum Gasteiger partial charge on any atom is -0.311 e. The van der Waals surface area contributed by atoms with Crippen LogP contribution in [0.15, 0.2) is 12.4 Å². The molecule has 1 aromatic heterocycles. The fraction of sp³-hybridized carbons (Fsp3) is 0.824. The van der Waals surface area contributed by atoms with Crippen molar-refractivity contribution in [3.8, 4) is 0 Å². The number of rotatable bonds is 4. The van der Waals surface area contributed by atoms with Gasteiger partial charge in [0.15, 0.2) is 0 Å². The standard InChI is InChI=1S/C17H30N4/c1-3-16-13-20(11-15-10-19-21(4-2)12-15)17(14-18-16)8-6-5-7-9-17/h10,12,16,18H,3-9,11,13-14H2,1-2H3. The van der Waals surface area contributed by atoms with Crippen molar-refractivity contribution in [1.29, 1.82) is 0 Å². The molecule has 2 fully saturated rings. The number of hydrogen-bond donors (Lipinski definition) is 1. The van der Waals surface area contributed by atoms with Gasteiger partial charge >= 0.3 is 0 Å². The maximum Gasteiger partial charge on any atom is 0.0534 e. The molecule has 1 atom stereocenters. The Hall–Kier alpha value is -0.870. The summed E-state index contributed by atoms with van der Waals surface area (Å²) >= 11 is 0. The van der Waals surface area contributed by atoms with E-state index in [0.717, 1.165) is 13.1 Å². The van der Waals surface area contributed by atoms with Gasteiger partial charge in [-0.3, -0.25) is 9.58 Å². The Balaban J connectivity index is 1.75. The first kappa shape index (κ1) is 15.0. The van der Waals surface area contributed by atoms with Crippen molar-refractivity contribution in [3.05, 3.63) is 18.0 Å². The molecular weight excluding hydrogens is 260 g/mol. The van der Waals surface area contributed by atoms with Gasteiger partial charge in [-0.05, 0) is 26.2 Å². The molecule has 2 heterocycles. The van der Waals surface area contributed by atoms with Crippen LogP contribution < -0.4 is 5.32 Å². The molecule has 1 aliphatic heterocycles. The Kier molecular flexibility index (Phi) is 4.65. The van der Waals surface area contributed by atoms with Crippen LogP contribution in [0.1, 0.15) is 57.9 Å². The molecule has 1 aliphatic carbocycles. The van der Waals surface area contributed by atoms with E-state index in [9.17, 15) is 0 Å². The molecule has 1 spiro atoms. The molecule has 2 aliphatic rings. The highest BCUT2D eigenvalue weighted by atomic mass is 15.3. The first-order valence-corrected chi connectivity index (χ1v) is 8.75. The molecule has 3 rings (SSSR count). The Morgan fingerprint density at radius 3 is 2.76 bits per heavy atom. The van der Waals surface area contributed by atoms with Gasteiger partial charge in [0.2, 0.25) is 0 Å². The fourth-order valence-corrected chi connectivity index (χ4v) is 4.06. The highest BCUT2D eigenvalue weighted by Gasteiger charge is 2.41. The minimum atomic E-state index is 0.401. The van der Waals surface area contributed by atoms with Gasteiger partial charge in [-0.2, -0.15) is 5.10 Å². The van der Waals surface area contributed by atoms with Gasteiger partial charge in [-0.15, -0.1) is 0 Å². The quantitative estimate of drug-likeness (QED) is 0.925. The summed E-state index contributed by atoms with van der Waals surface area (Å²) in [5.74, 6) is 0. The van der Waals surface area contributed by atoms with E-state index in [0.29, 0.717) is 11.6 Å². The summed E-state index contributed by atoms with van der Waals surface area (Å²) in [6, 6.07) is 0.652. The van der Waals surface area contributed by atoms with Crippen LogP contribution in [0.25, 0.3) is 0 Å². The summed E-state index contributed by atoms with van der Waals surface area (Å²) in [6.45, 7) is 8.84. The molecule has 0 amide bonds. The molecule has 0 aromatic carbocycles. The van der Waals surface area contributed by atoms with Crippen molar-refractivity contribution in [2.75, 3.05) is 13.1 Å². The molecule has 4 heteroatoms. The van der Waals surface area contributed by atoms with Crippen LogP contribution in [0.4, 0.5) is 0 Å². The minimum absolute atomic E-state index is 0.401. The Morgan fingerprint density at radius 1 is 1.29 bits per heavy atom. The summed E-state index contributed by atoms with van der Waals surface area (Å²) in [6.07, 6.45) is 12.4. The van der Waals surface area contributed by atoms with Crippen LogP contribution in [0.2, 0.25) is 0 Å². The molecule has 1 saturated carbocycles. The molecule has 1 unspecified atom stereocenters. The van der Waals surface area contributed by atoms with E-state index in [2.05, 4.69) is 41.6 Å². The number of nitrogens with zero attached hydrogens (tertiary/aromatic N) is 3. The zero-order valence-electron chi connectivity index (χ0n) is 13.6. The van der Waals surface area contributed by atoms with Gasteiger partial charge in [0.05, 0.1) is 6.20 Å². The van der Waals surface area contributed by atoms with Gasteiger partial charge in [-0.1, -0.05) is 26.2 Å². The molecule has 1 saturated heterocycles. The van der Waals surface area contributed by atoms with Crippen LogP contribution in [0.5, 0.6) is 0 Å². The number of piperazine rings is 1. The van der Waals surface area contributed by atoms with Gasteiger partial charge in [0.1, 0.15) is 0 Å². The van der Waals surface area contributed by atoms with E-state index in [1.165, 1.54) is 57.2 Å². The molecule has 21 heavy (non-hydrogen) atoms. The second kappa shape index (κ2) is 6.49. The van der Waals surface area contributed by atoms with Crippen LogP contribution >= 0.6 is 0 Å². The van der Waals surface area contributed by atoms with Crippen molar-refractivity contribution >= 4 is 0 Å². The molecular formula is C17H30N4. The zero-order valence-corrected chi connectivity index (χ0v) is 13.6. The van der Waals surface area contributed by atoms with Crippen molar-refractivity contribution in [3.63, 3.8) is 0 Å². The van der Waals surface area contributed by atoms with E-state index in [1.807, 2.05) is 4.68 Å². The summed E-state index contributed by atoms with van der Waals surface area (Å²) in [7, 11) is 0. The number of nitrogens with one attached hydrogen (secondary N) is 1. The number of hydrogen-bond acceptors (Lipinski definition) is 3. The molecule has 4 nitrogen and oxygen atoms in total. The largest absolute Gasteiger partial charge is 0.311 e. The molecule has 1 aromatic rings. The third-order valence-electron chi connectivity index (χ3n) is 5.49. The lowest BCUT2D eigenvalue weighted by molar-refractivity contribution is 0.00272. The van der Waals surface area contributed by atoms with Crippen LogP contribution in [0.3, 0.4) is 0 Å². The number of aryl methyl sites for hydroxylation is 1. The topological polar surface area (TPSA) is 33.1 Å². The summed E-state index contributed by atoms with van der Waals surface area (Å²) in [5, 5.41) is 8.25. The van der Waals surface area contributed by atoms with Crippen LogP contribution in [-0.2, 0) is 13.1 Å². The second-order valence-corrected chi connectivity index (χ2v) is 6.86. The lowest BCUT2D eigenvalue weighted by Crippen LogP contribution is -2.64. The van der Waals surface area contributed by atoms with Crippen LogP contribution in [0, 0.1) is 0 Å². The second-order valence-electron chi connectivity index (χ2n) is 6.86. The Labute approximate surface area is 128 Å². The van der Waals surface area contributed by atoms with Gasteiger partial charge in [0.25, 0.3) is 0 Å². The van der Waals surface area contributed by atoms with E-state index in [4.69, 9.17) is 0 Å². The lowest BCUT2D eigenvalue weighted by atomic mass is 9.78. The summed E-state index contributed by atoms with van der Waals surface area (Å²) in [5.41, 5.74) is 1.77. The summed E-state index contributed by atoms with van der Waals surface area (Å²) < 4.78 is 2.04. The first-order chi connectivity index (χ1) is 10.3. The van der Waals surface area contributed by atoms with Gasteiger partial charge < -0.3 is 5.32 Å². The average Bonchev–Trinajstić information content (AvgIpc) is 2.98. The average molecular weight is 290 g/mol. The predicted molar refractivity (Wildman–Crippen MR) is 86.2 cm³/mol. The molecule has 0 bridgehead atoms.